The molecule has 0 saturated carbocycles. The topological polar surface area (TPSA) is 57.2 Å². The number of hydrogen-bond donors (Lipinski definition) is 0. The summed E-state index contributed by atoms with van der Waals surface area (Å²) in [6.45, 7) is 0. The van der Waals surface area contributed by atoms with Gasteiger partial charge in [0.1, 0.15) is 0 Å². The van der Waals surface area contributed by atoms with E-state index in [2.05, 4.69) is 206 Å². The fourth-order valence-corrected chi connectivity index (χ4v) is 9.82. The minimum atomic E-state index is -6.09. The average Bonchev–Trinajstić information content (AvgIpc) is 3.18. The van der Waals surface area contributed by atoms with Gasteiger partial charge in [-0.3, -0.25) is 0 Å². The first kappa shape index (κ1) is 45.4. The van der Waals surface area contributed by atoms with E-state index in [-0.39, 0.29) is 19.5 Å². The van der Waals surface area contributed by atoms with E-state index < -0.39 is 31.5 Å². The van der Waals surface area contributed by atoms with Crippen molar-refractivity contribution in [3.8, 4) is 0 Å². The molecule has 1 aliphatic carbocycles. The Labute approximate surface area is 339 Å². The molecule has 0 N–H and O–H groups in total. The summed E-state index contributed by atoms with van der Waals surface area (Å²) >= 11 is 0. The van der Waals surface area contributed by atoms with Gasteiger partial charge in [0.2, 0.25) is 0 Å². The third-order valence-corrected chi connectivity index (χ3v) is 13.2. The first-order chi connectivity index (χ1) is 26.1. The second-order valence-electron chi connectivity index (χ2n) is 11.7. The molecule has 0 spiro atoms. The second-order valence-corrected chi connectivity index (χ2v) is 17.5. The maximum absolute atomic E-state index is 10.7. The summed E-state index contributed by atoms with van der Waals surface area (Å²) in [7, 11) is -6.98. The molecule has 6 aromatic rings. The molecule has 0 unspecified atom stereocenters. The monoisotopic (exact) mass is 884 g/mol. The molecule has 0 heterocycles. The SMILES string of the molecule is C1=C\CC/C=C\CC/1.O=S(=O)([O-])C(F)(F)F.[Rh].c1ccc(P(c2ccccc2)c2ccccc2)cc1.c1ccc(P(c2ccccc2)c2ccccc2)cc1. The number of halogens is 3. The van der Waals surface area contributed by atoms with Crippen molar-refractivity contribution in [2.45, 2.75) is 31.2 Å². The van der Waals surface area contributed by atoms with Gasteiger partial charge in [-0.05, 0) is 73.4 Å². The molecule has 6 aromatic carbocycles. The van der Waals surface area contributed by atoms with E-state index in [1.165, 1.54) is 57.5 Å². The number of rotatable bonds is 6. The van der Waals surface area contributed by atoms with Gasteiger partial charge in [0, 0.05) is 19.5 Å². The third kappa shape index (κ3) is 15.9. The number of benzene rings is 6. The first-order valence-corrected chi connectivity index (χ1v) is 21.5. The first-order valence-electron chi connectivity index (χ1n) is 17.4. The smallest absolute Gasteiger partial charge is 0.485 e. The Balaban J connectivity index is 0.000000212. The molecule has 10 heteroatoms. The van der Waals surface area contributed by atoms with E-state index in [0.29, 0.717) is 0 Å². The fraction of sp³-hybridized carbons (Fsp3) is 0.111. The van der Waals surface area contributed by atoms with E-state index in [9.17, 15) is 13.2 Å². The van der Waals surface area contributed by atoms with Crippen LogP contribution < -0.4 is 31.8 Å². The van der Waals surface area contributed by atoms with Crippen molar-refractivity contribution in [3.63, 3.8) is 0 Å². The van der Waals surface area contributed by atoms with Crippen LogP contribution in [0.15, 0.2) is 206 Å². The molecule has 3 nitrogen and oxygen atoms in total. The Bertz CT molecular complexity index is 1740. The molecule has 287 valence electrons. The summed E-state index contributed by atoms with van der Waals surface area (Å²) in [5.41, 5.74) is -5.65. The zero-order valence-corrected chi connectivity index (χ0v) is 34.2. The molecule has 0 fully saturated rings. The molecule has 0 amide bonds. The molecule has 1 aliphatic rings. The normalized spacial score (nSPS) is 13.4. The van der Waals surface area contributed by atoms with E-state index >= 15 is 0 Å². The van der Waals surface area contributed by atoms with Crippen LogP contribution in [0, 0.1) is 0 Å². The second kappa shape index (κ2) is 24.5. The van der Waals surface area contributed by atoms with Crippen LogP contribution in [-0.4, -0.2) is 18.5 Å². The minimum absolute atomic E-state index is 0. The molecule has 7 rings (SSSR count). The quantitative estimate of drug-likeness (QED) is 0.0551. The largest absolute Gasteiger partial charge is 0.741 e. The Morgan fingerprint density at radius 3 is 0.655 bits per heavy atom. The summed E-state index contributed by atoms with van der Waals surface area (Å²) < 4.78 is 58.9. The summed E-state index contributed by atoms with van der Waals surface area (Å²) in [4.78, 5) is 0. The molecule has 0 saturated heterocycles. The number of allylic oxidation sites excluding steroid dienone is 4. The standard InChI is InChI=1S/2C18H15P.C8H12.CHF3O3S.Rh/c2*1-4-10-16(11-5-1)19(17-12-6-2-7-13-17)18-14-8-3-9-15-18;1-2-4-6-8-7-5-3-1;2-1(3,4)8(5,6)7;/h2*1-15H;1-2,7-8H,3-6H2;(H,5,6,7);/p-1/b;;2-1-,8-7-;;. The van der Waals surface area contributed by atoms with Crippen LogP contribution >= 0.6 is 15.8 Å². The summed E-state index contributed by atoms with van der Waals surface area (Å²) in [6, 6.07) is 64.7. The van der Waals surface area contributed by atoms with Gasteiger partial charge in [0.25, 0.3) is 0 Å². The molecule has 0 aromatic heterocycles. The zero-order chi connectivity index (χ0) is 38.5. The predicted molar refractivity (Wildman–Crippen MR) is 223 cm³/mol. The van der Waals surface area contributed by atoms with Crippen molar-refractivity contribution in [2.24, 2.45) is 0 Å². The van der Waals surface area contributed by atoms with Crippen molar-refractivity contribution in [3.05, 3.63) is 206 Å². The maximum atomic E-state index is 10.7. The summed E-state index contributed by atoms with van der Waals surface area (Å²) in [5.74, 6) is 0. The van der Waals surface area contributed by atoms with Crippen LogP contribution in [0.4, 0.5) is 13.2 Å². The van der Waals surface area contributed by atoms with E-state index in [0.717, 1.165) is 0 Å². The van der Waals surface area contributed by atoms with Crippen molar-refractivity contribution in [1.82, 2.24) is 0 Å². The van der Waals surface area contributed by atoms with Crippen molar-refractivity contribution in [2.75, 3.05) is 0 Å². The molecular formula is C45H42F3O3P2RhS-. The minimum Gasteiger partial charge on any atom is -0.741 e. The van der Waals surface area contributed by atoms with Gasteiger partial charge in [-0.25, -0.2) is 8.42 Å². The van der Waals surface area contributed by atoms with E-state index in [1.54, 1.807) is 0 Å². The summed E-state index contributed by atoms with van der Waals surface area (Å²) in [6.07, 6.45) is 14.0. The number of alkyl halides is 3. The Kier molecular flexibility index (Phi) is 20.2. The van der Waals surface area contributed by atoms with Crippen LogP contribution in [0.5, 0.6) is 0 Å². The van der Waals surface area contributed by atoms with Gasteiger partial charge < -0.3 is 4.55 Å². The van der Waals surface area contributed by atoms with Gasteiger partial charge in [-0.2, -0.15) is 13.2 Å². The molecular weight excluding hydrogens is 842 g/mol. The Morgan fingerprint density at radius 1 is 0.382 bits per heavy atom. The van der Waals surface area contributed by atoms with Gasteiger partial charge in [-0.15, -0.1) is 0 Å². The van der Waals surface area contributed by atoms with Crippen molar-refractivity contribution >= 4 is 57.8 Å². The van der Waals surface area contributed by atoms with Crippen LogP contribution in [0.25, 0.3) is 0 Å². The molecule has 0 bridgehead atoms. The predicted octanol–water partition coefficient (Wildman–Crippen LogP) is 9.61. The van der Waals surface area contributed by atoms with Crippen LogP contribution in [0.2, 0.25) is 0 Å². The van der Waals surface area contributed by atoms with Crippen molar-refractivity contribution < 1.29 is 45.6 Å². The van der Waals surface area contributed by atoms with Gasteiger partial charge in [0.05, 0.1) is 0 Å². The average molecular weight is 885 g/mol. The molecule has 1 radical (unpaired) electrons. The third-order valence-electron chi connectivity index (χ3n) is 7.70. The van der Waals surface area contributed by atoms with Gasteiger partial charge in [0.15, 0.2) is 10.1 Å². The molecule has 0 atom stereocenters. The van der Waals surface area contributed by atoms with Crippen LogP contribution in [0.1, 0.15) is 25.7 Å². The summed E-state index contributed by atoms with van der Waals surface area (Å²) in [5, 5.41) is 8.39. The van der Waals surface area contributed by atoms with Crippen molar-refractivity contribution in [1.29, 1.82) is 0 Å². The maximum Gasteiger partial charge on any atom is 0.485 e. The fourth-order valence-electron chi connectivity index (χ4n) is 5.21. The van der Waals surface area contributed by atoms with Gasteiger partial charge >= 0.3 is 5.51 Å². The Morgan fingerprint density at radius 2 is 0.527 bits per heavy atom. The Hall–Kier alpha value is -4.02. The van der Waals surface area contributed by atoms with Crippen LogP contribution in [-0.2, 0) is 29.6 Å². The van der Waals surface area contributed by atoms with E-state index in [4.69, 9.17) is 13.0 Å². The zero-order valence-electron chi connectivity index (χ0n) is 30.0. The van der Waals surface area contributed by atoms with E-state index in [1.807, 2.05) is 0 Å². The van der Waals surface area contributed by atoms with Crippen LogP contribution in [0.3, 0.4) is 0 Å². The number of hydrogen-bond acceptors (Lipinski definition) is 3. The van der Waals surface area contributed by atoms with Gasteiger partial charge in [-0.1, -0.05) is 206 Å². The molecule has 55 heavy (non-hydrogen) atoms. The molecule has 0 aliphatic heterocycles.